The number of aryl methyl sites for hydroxylation is 1. The second kappa shape index (κ2) is 9.45. The second-order valence-electron chi connectivity index (χ2n) is 7.79. The summed E-state index contributed by atoms with van der Waals surface area (Å²) < 4.78 is 17.0. The van der Waals surface area contributed by atoms with Gasteiger partial charge < -0.3 is 14.8 Å². The van der Waals surface area contributed by atoms with E-state index in [-0.39, 0.29) is 11.7 Å². The van der Waals surface area contributed by atoms with Gasteiger partial charge in [0.15, 0.2) is 5.82 Å². The molecule has 31 heavy (non-hydrogen) atoms. The number of halogens is 1. The van der Waals surface area contributed by atoms with Crippen molar-refractivity contribution in [3.05, 3.63) is 65.9 Å². The molecule has 0 radical (unpaired) electrons. The Morgan fingerprint density at radius 2 is 1.71 bits per heavy atom. The molecule has 1 aliphatic heterocycles. The minimum Gasteiger partial charge on any atom is -0.351 e. The van der Waals surface area contributed by atoms with Crippen molar-refractivity contribution < 1.29 is 9.18 Å². The van der Waals surface area contributed by atoms with Crippen molar-refractivity contribution in [2.75, 3.05) is 45.8 Å². The van der Waals surface area contributed by atoms with Crippen LogP contribution in [0.1, 0.15) is 23.0 Å². The largest absolute Gasteiger partial charge is 0.351 e. The van der Waals surface area contributed by atoms with Crippen LogP contribution in [-0.2, 0) is 0 Å². The molecular weight excluding hydrogens is 395 g/mol. The molecule has 1 aliphatic rings. The molecule has 1 aromatic carbocycles. The van der Waals surface area contributed by atoms with Gasteiger partial charge in [0.05, 0.1) is 11.4 Å². The molecule has 7 nitrogen and oxygen atoms in total. The lowest BCUT2D eigenvalue weighted by atomic mass is 10.2. The highest BCUT2D eigenvalue weighted by Gasteiger charge is 2.24. The summed E-state index contributed by atoms with van der Waals surface area (Å²) in [4.78, 5) is 18.0. The molecule has 164 valence electrons. The minimum absolute atomic E-state index is 0.151. The van der Waals surface area contributed by atoms with Gasteiger partial charge in [0, 0.05) is 51.7 Å². The van der Waals surface area contributed by atoms with E-state index in [1.807, 2.05) is 36.0 Å². The van der Waals surface area contributed by atoms with Gasteiger partial charge in [-0.3, -0.25) is 9.69 Å². The molecule has 0 bridgehead atoms. The highest BCUT2D eigenvalue weighted by atomic mass is 19.1. The molecule has 8 heteroatoms. The number of amides is 1. The van der Waals surface area contributed by atoms with Crippen molar-refractivity contribution >= 4 is 5.91 Å². The fraction of sp³-hybridized carbons (Fsp3) is 0.391. The molecular formula is C23H29FN6O. The van der Waals surface area contributed by atoms with E-state index in [9.17, 15) is 9.18 Å². The van der Waals surface area contributed by atoms with Gasteiger partial charge >= 0.3 is 0 Å². The van der Waals surface area contributed by atoms with Gasteiger partial charge in [-0.25, -0.2) is 9.07 Å². The molecule has 4 rings (SSSR count). The van der Waals surface area contributed by atoms with Crippen LogP contribution >= 0.6 is 0 Å². The summed E-state index contributed by atoms with van der Waals surface area (Å²) in [5, 5.41) is 7.67. The molecule has 1 fully saturated rings. The summed E-state index contributed by atoms with van der Waals surface area (Å²) in [7, 11) is 0. The fourth-order valence-corrected chi connectivity index (χ4v) is 4.00. The third-order valence-corrected chi connectivity index (χ3v) is 5.81. The highest BCUT2D eigenvalue weighted by Crippen LogP contribution is 2.23. The molecule has 2 aromatic heterocycles. The van der Waals surface area contributed by atoms with Crippen LogP contribution in [0.3, 0.4) is 0 Å². The number of aromatic nitrogens is 3. The molecule has 1 N–H and O–H groups in total. The zero-order valence-corrected chi connectivity index (χ0v) is 18.1. The van der Waals surface area contributed by atoms with E-state index in [1.165, 1.54) is 12.1 Å². The number of hydrogen-bond acceptors (Lipinski definition) is 4. The number of carbonyl (C=O) groups is 1. The van der Waals surface area contributed by atoms with Crippen molar-refractivity contribution in [2.45, 2.75) is 13.8 Å². The Balaban J connectivity index is 1.52. The van der Waals surface area contributed by atoms with Crippen LogP contribution in [0.5, 0.6) is 0 Å². The van der Waals surface area contributed by atoms with E-state index in [1.54, 1.807) is 16.8 Å². The average Bonchev–Trinajstić information content (AvgIpc) is 3.42. The molecule has 1 saturated heterocycles. The Kier molecular flexibility index (Phi) is 6.48. The van der Waals surface area contributed by atoms with Crippen LogP contribution in [0, 0.1) is 12.7 Å². The van der Waals surface area contributed by atoms with E-state index in [2.05, 4.69) is 27.1 Å². The lowest BCUT2D eigenvalue weighted by molar-refractivity contribution is 0.0937. The predicted molar refractivity (Wildman–Crippen MR) is 118 cm³/mol. The Hall–Kier alpha value is -2.97. The summed E-state index contributed by atoms with van der Waals surface area (Å²) in [6.45, 7) is 10.7. The summed E-state index contributed by atoms with van der Waals surface area (Å²) in [6.07, 6.45) is 3.75. The Bertz CT molecular complexity index is 1000. The first-order valence-electron chi connectivity index (χ1n) is 10.8. The maximum Gasteiger partial charge on any atom is 0.257 e. The highest BCUT2D eigenvalue weighted by molar-refractivity contribution is 5.98. The fourth-order valence-electron chi connectivity index (χ4n) is 4.00. The van der Waals surface area contributed by atoms with Crippen LogP contribution in [-0.4, -0.2) is 75.9 Å². The standard InChI is InChI=1S/C23H29FN6O/c1-3-27-14-16-28(17-15-27)13-10-25-22(31)21-18(2)26-30(20-8-6-19(24)7-9-20)23(21)29-11-4-5-12-29/h4-9,11-12H,3,10,13-17H2,1-2H3,(H,25,31). The topological polar surface area (TPSA) is 58.3 Å². The Morgan fingerprint density at radius 3 is 2.35 bits per heavy atom. The normalized spacial score (nSPS) is 15.3. The molecule has 0 saturated carbocycles. The maximum absolute atomic E-state index is 13.4. The number of nitrogens with zero attached hydrogens (tertiary/aromatic N) is 5. The van der Waals surface area contributed by atoms with Gasteiger partial charge in [0.25, 0.3) is 5.91 Å². The summed E-state index contributed by atoms with van der Waals surface area (Å²) >= 11 is 0. The monoisotopic (exact) mass is 424 g/mol. The first kappa shape index (κ1) is 21.3. The van der Waals surface area contributed by atoms with E-state index < -0.39 is 0 Å². The molecule has 0 aliphatic carbocycles. The third kappa shape index (κ3) is 4.70. The number of likely N-dealkylation sites (N-methyl/N-ethyl adjacent to an activating group) is 1. The lowest BCUT2D eigenvalue weighted by Gasteiger charge is -2.33. The van der Waals surface area contributed by atoms with E-state index in [0.29, 0.717) is 29.3 Å². The van der Waals surface area contributed by atoms with E-state index in [4.69, 9.17) is 0 Å². The van der Waals surface area contributed by atoms with Crippen molar-refractivity contribution in [1.29, 1.82) is 0 Å². The molecule has 0 atom stereocenters. The second-order valence-corrected chi connectivity index (χ2v) is 7.79. The third-order valence-electron chi connectivity index (χ3n) is 5.81. The number of carbonyl (C=O) groups excluding carboxylic acids is 1. The maximum atomic E-state index is 13.4. The Labute approximate surface area is 182 Å². The van der Waals surface area contributed by atoms with Crippen molar-refractivity contribution in [1.82, 2.24) is 29.5 Å². The van der Waals surface area contributed by atoms with Gasteiger partial charge in [-0.2, -0.15) is 5.10 Å². The lowest BCUT2D eigenvalue weighted by Crippen LogP contribution is -2.48. The van der Waals surface area contributed by atoms with Crippen LogP contribution in [0.15, 0.2) is 48.8 Å². The molecule has 0 unspecified atom stereocenters. The van der Waals surface area contributed by atoms with Crippen LogP contribution in [0.4, 0.5) is 4.39 Å². The smallest absolute Gasteiger partial charge is 0.257 e. The van der Waals surface area contributed by atoms with Crippen molar-refractivity contribution in [3.63, 3.8) is 0 Å². The minimum atomic E-state index is -0.312. The first-order chi connectivity index (χ1) is 15.1. The zero-order valence-electron chi connectivity index (χ0n) is 18.1. The van der Waals surface area contributed by atoms with Crippen LogP contribution in [0.2, 0.25) is 0 Å². The molecule has 1 amide bonds. The van der Waals surface area contributed by atoms with Gasteiger partial charge in [0.1, 0.15) is 11.4 Å². The van der Waals surface area contributed by atoms with Crippen LogP contribution in [0.25, 0.3) is 11.5 Å². The van der Waals surface area contributed by atoms with Crippen molar-refractivity contribution in [2.24, 2.45) is 0 Å². The molecule has 0 spiro atoms. The van der Waals surface area contributed by atoms with Gasteiger partial charge in [0.2, 0.25) is 0 Å². The number of rotatable bonds is 7. The summed E-state index contributed by atoms with van der Waals surface area (Å²) in [5.74, 6) is 0.179. The SMILES string of the molecule is CCN1CCN(CCNC(=O)c2c(C)nn(-c3ccc(F)cc3)c2-n2cccc2)CC1. The predicted octanol–water partition coefficient (Wildman–Crippen LogP) is 2.48. The van der Waals surface area contributed by atoms with E-state index >= 15 is 0 Å². The summed E-state index contributed by atoms with van der Waals surface area (Å²) in [5.41, 5.74) is 1.85. The molecule has 3 heterocycles. The number of benzene rings is 1. The van der Waals surface area contributed by atoms with Gasteiger partial charge in [-0.05, 0) is 49.9 Å². The average molecular weight is 425 g/mol. The van der Waals surface area contributed by atoms with E-state index in [0.717, 1.165) is 39.3 Å². The van der Waals surface area contributed by atoms with Gasteiger partial charge in [-0.15, -0.1) is 0 Å². The number of nitrogens with one attached hydrogen (secondary N) is 1. The Morgan fingerprint density at radius 1 is 1.06 bits per heavy atom. The quantitative estimate of drug-likeness (QED) is 0.633. The zero-order chi connectivity index (χ0) is 21.8. The number of hydrogen-bond donors (Lipinski definition) is 1. The number of piperazine rings is 1. The summed E-state index contributed by atoms with van der Waals surface area (Å²) in [6, 6.07) is 9.90. The van der Waals surface area contributed by atoms with Crippen LogP contribution < -0.4 is 5.32 Å². The molecule has 3 aromatic rings. The first-order valence-corrected chi connectivity index (χ1v) is 10.8. The van der Waals surface area contributed by atoms with Gasteiger partial charge in [-0.1, -0.05) is 6.92 Å². The van der Waals surface area contributed by atoms with Crippen molar-refractivity contribution in [3.8, 4) is 11.5 Å².